The van der Waals surface area contributed by atoms with Crippen LogP contribution in [-0.2, 0) is 0 Å². The first-order chi connectivity index (χ1) is 7.00. The smallest absolute Gasteiger partial charge is 0.130 e. The van der Waals surface area contributed by atoms with Crippen molar-refractivity contribution < 1.29 is 13.9 Å². The Morgan fingerprint density at radius 2 is 2.00 bits per heavy atom. The van der Waals surface area contributed by atoms with Gasteiger partial charge in [0, 0.05) is 24.2 Å². The molecule has 0 aliphatic carbocycles. The first kappa shape index (κ1) is 12.1. The molecule has 0 saturated heterocycles. The first-order valence-electron chi connectivity index (χ1n) is 4.87. The molecule has 2 nitrogen and oxygen atoms in total. The summed E-state index contributed by atoms with van der Waals surface area (Å²) < 4.78 is 25.9. The van der Waals surface area contributed by atoms with E-state index in [2.05, 4.69) is 5.32 Å². The number of aliphatic hydroxyl groups is 1. The molecule has 0 aliphatic heterocycles. The van der Waals surface area contributed by atoms with Crippen LogP contribution in [-0.4, -0.2) is 17.8 Å². The van der Waals surface area contributed by atoms with Crippen molar-refractivity contribution in [1.29, 1.82) is 0 Å². The van der Waals surface area contributed by atoms with Gasteiger partial charge in [0.1, 0.15) is 11.6 Å². The molecule has 2 N–H and O–H groups in total. The van der Waals surface area contributed by atoms with Crippen LogP contribution in [0.2, 0.25) is 0 Å². The Balaban J connectivity index is 2.69. The molecule has 0 radical (unpaired) electrons. The van der Waals surface area contributed by atoms with Gasteiger partial charge in [-0.05, 0) is 19.9 Å². The zero-order valence-electron chi connectivity index (χ0n) is 8.80. The van der Waals surface area contributed by atoms with Crippen molar-refractivity contribution in [2.75, 3.05) is 6.54 Å². The standard InChI is InChI=1S/C11H15F2NO/c1-7(15)6-14-8(2)10-4-3-9(12)5-11(10)13/h3-5,7-8,14-15H,6H2,1-2H3/t7-,8-/m1/s1. The van der Waals surface area contributed by atoms with Crippen LogP contribution in [0.5, 0.6) is 0 Å². The minimum atomic E-state index is -0.584. The van der Waals surface area contributed by atoms with Crippen LogP contribution < -0.4 is 5.32 Å². The maximum absolute atomic E-state index is 13.3. The molecule has 1 rings (SSSR count). The first-order valence-corrected chi connectivity index (χ1v) is 4.87. The Hall–Kier alpha value is -1.00. The van der Waals surface area contributed by atoms with E-state index in [0.29, 0.717) is 12.1 Å². The Morgan fingerprint density at radius 3 is 2.53 bits per heavy atom. The van der Waals surface area contributed by atoms with Crippen molar-refractivity contribution in [3.63, 3.8) is 0 Å². The van der Waals surface area contributed by atoms with Crippen LogP contribution in [0.1, 0.15) is 25.5 Å². The summed E-state index contributed by atoms with van der Waals surface area (Å²) in [5.41, 5.74) is 0.400. The normalized spacial score (nSPS) is 15.0. The lowest BCUT2D eigenvalue weighted by Crippen LogP contribution is -2.27. The molecule has 0 amide bonds. The van der Waals surface area contributed by atoms with Gasteiger partial charge in [-0.1, -0.05) is 6.07 Å². The lowest BCUT2D eigenvalue weighted by Gasteiger charge is -2.16. The zero-order chi connectivity index (χ0) is 11.4. The van der Waals surface area contributed by atoms with Crippen LogP contribution in [0.3, 0.4) is 0 Å². The molecular formula is C11H15F2NO. The SMILES string of the molecule is C[C@@H](O)CN[C@H](C)c1ccc(F)cc1F. The number of nitrogens with one attached hydrogen (secondary N) is 1. The fourth-order valence-electron chi connectivity index (χ4n) is 1.31. The van der Waals surface area contributed by atoms with E-state index in [1.807, 2.05) is 0 Å². The van der Waals surface area contributed by atoms with Crippen molar-refractivity contribution in [2.24, 2.45) is 0 Å². The summed E-state index contributed by atoms with van der Waals surface area (Å²) in [5.74, 6) is -1.15. The quantitative estimate of drug-likeness (QED) is 0.805. The molecule has 1 aromatic carbocycles. The van der Waals surface area contributed by atoms with Gasteiger partial charge in [-0.15, -0.1) is 0 Å². The zero-order valence-corrected chi connectivity index (χ0v) is 8.80. The largest absolute Gasteiger partial charge is 0.392 e. The molecule has 2 atom stereocenters. The second kappa shape index (κ2) is 5.19. The number of benzene rings is 1. The van der Waals surface area contributed by atoms with Gasteiger partial charge < -0.3 is 10.4 Å². The van der Waals surface area contributed by atoms with Crippen LogP contribution in [0.4, 0.5) is 8.78 Å². The highest BCUT2D eigenvalue weighted by molar-refractivity contribution is 5.21. The molecule has 15 heavy (non-hydrogen) atoms. The topological polar surface area (TPSA) is 32.3 Å². The van der Waals surface area contributed by atoms with Gasteiger partial charge in [-0.3, -0.25) is 0 Å². The van der Waals surface area contributed by atoms with Gasteiger partial charge in [0.15, 0.2) is 0 Å². The third-order valence-corrected chi connectivity index (χ3v) is 2.15. The van der Waals surface area contributed by atoms with Gasteiger partial charge in [0.2, 0.25) is 0 Å². The number of rotatable bonds is 4. The summed E-state index contributed by atoms with van der Waals surface area (Å²) >= 11 is 0. The molecule has 0 bridgehead atoms. The van der Waals surface area contributed by atoms with Crippen LogP contribution >= 0.6 is 0 Å². The monoisotopic (exact) mass is 215 g/mol. The third kappa shape index (κ3) is 3.57. The van der Waals surface area contributed by atoms with Crippen molar-refractivity contribution >= 4 is 0 Å². The molecule has 0 heterocycles. The maximum atomic E-state index is 13.3. The summed E-state index contributed by atoms with van der Waals surface area (Å²) in [6.07, 6.45) is -0.490. The highest BCUT2D eigenvalue weighted by atomic mass is 19.1. The second-order valence-corrected chi connectivity index (χ2v) is 3.64. The summed E-state index contributed by atoms with van der Waals surface area (Å²) in [4.78, 5) is 0. The average Bonchev–Trinajstić information content (AvgIpc) is 2.14. The minimum absolute atomic E-state index is 0.250. The molecule has 1 aromatic rings. The van der Waals surface area contributed by atoms with E-state index in [0.717, 1.165) is 6.07 Å². The minimum Gasteiger partial charge on any atom is -0.392 e. The predicted molar refractivity (Wildman–Crippen MR) is 54.5 cm³/mol. The fourth-order valence-corrected chi connectivity index (χ4v) is 1.31. The molecular weight excluding hydrogens is 200 g/mol. The van der Waals surface area contributed by atoms with E-state index in [-0.39, 0.29) is 6.04 Å². The van der Waals surface area contributed by atoms with Crippen molar-refractivity contribution in [2.45, 2.75) is 26.0 Å². The van der Waals surface area contributed by atoms with E-state index >= 15 is 0 Å². The molecule has 0 unspecified atom stereocenters. The summed E-state index contributed by atoms with van der Waals surface area (Å²) in [5, 5.41) is 12.0. The van der Waals surface area contributed by atoms with E-state index < -0.39 is 17.7 Å². The van der Waals surface area contributed by atoms with Crippen molar-refractivity contribution in [1.82, 2.24) is 5.32 Å². The summed E-state index contributed by atoms with van der Waals surface area (Å²) in [7, 11) is 0. The molecule has 84 valence electrons. The maximum Gasteiger partial charge on any atom is 0.130 e. The van der Waals surface area contributed by atoms with Gasteiger partial charge in [0.05, 0.1) is 6.10 Å². The fraction of sp³-hybridized carbons (Fsp3) is 0.455. The highest BCUT2D eigenvalue weighted by Crippen LogP contribution is 2.17. The number of halogens is 2. The van der Waals surface area contributed by atoms with Crippen LogP contribution in [0.25, 0.3) is 0 Å². The number of hydrogen-bond acceptors (Lipinski definition) is 2. The summed E-state index contributed by atoms with van der Waals surface area (Å²) in [6, 6.07) is 3.24. The predicted octanol–water partition coefficient (Wildman–Crippen LogP) is 2.00. The Labute approximate surface area is 87.9 Å². The van der Waals surface area contributed by atoms with Crippen molar-refractivity contribution in [3.8, 4) is 0 Å². The number of hydrogen-bond donors (Lipinski definition) is 2. The summed E-state index contributed by atoms with van der Waals surface area (Å²) in [6.45, 7) is 3.78. The second-order valence-electron chi connectivity index (χ2n) is 3.64. The lowest BCUT2D eigenvalue weighted by atomic mass is 10.1. The molecule has 0 fully saturated rings. The van der Waals surface area contributed by atoms with E-state index in [4.69, 9.17) is 5.11 Å². The molecule has 0 aliphatic rings. The van der Waals surface area contributed by atoms with Gasteiger partial charge >= 0.3 is 0 Å². The van der Waals surface area contributed by atoms with Gasteiger partial charge in [0.25, 0.3) is 0 Å². The lowest BCUT2D eigenvalue weighted by molar-refractivity contribution is 0.187. The molecule has 4 heteroatoms. The Morgan fingerprint density at radius 1 is 1.33 bits per heavy atom. The van der Waals surface area contributed by atoms with E-state index in [1.165, 1.54) is 12.1 Å². The van der Waals surface area contributed by atoms with Crippen LogP contribution in [0.15, 0.2) is 18.2 Å². The van der Waals surface area contributed by atoms with Gasteiger partial charge in [-0.25, -0.2) is 8.78 Å². The molecule has 0 spiro atoms. The molecule has 0 aromatic heterocycles. The average molecular weight is 215 g/mol. The van der Waals surface area contributed by atoms with E-state index in [9.17, 15) is 8.78 Å². The number of aliphatic hydroxyl groups excluding tert-OH is 1. The highest BCUT2D eigenvalue weighted by Gasteiger charge is 2.11. The van der Waals surface area contributed by atoms with Crippen molar-refractivity contribution in [3.05, 3.63) is 35.4 Å². The third-order valence-electron chi connectivity index (χ3n) is 2.15. The van der Waals surface area contributed by atoms with E-state index in [1.54, 1.807) is 13.8 Å². The Bertz CT molecular complexity index is 328. The van der Waals surface area contributed by atoms with Gasteiger partial charge in [-0.2, -0.15) is 0 Å². The van der Waals surface area contributed by atoms with Crippen LogP contribution in [0, 0.1) is 11.6 Å². The molecule has 0 saturated carbocycles. The Kier molecular flexibility index (Phi) is 4.17.